The third-order valence-electron chi connectivity index (χ3n) is 2.32. The van der Waals surface area contributed by atoms with Crippen molar-refractivity contribution in [2.75, 3.05) is 5.48 Å². The summed E-state index contributed by atoms with van der Waals surface area (Å²) in [5, 5.41) is 0. The Morgan fingerprint density at radius 1 is 1.00 bits per heavy atom. The van der Waals surface area contributed by atoms with Gasteiger partial charge in [-0.3, -0.25) is 4.79 Å². The van der Waals surface area contributed by atoms with Gasteiger partial charge in [0.2, 0.25) is 0 Å². The van der Waals surface area contributed by atoms with Crippen LogP contribution in [0.3, 0.4) is 0 Å². The molecule has 0 saturated carbocycles. The number of Topliss-reactive ketones (excluding diaryl/α,β-unsaturated/α-hetero) is 1. The number of ketones is 1. The molecule has 2 aromatic rings. The van der Waals surface area contributed by atoms with Gasteiger partial charge in [-0.1, -0.05) is 30.3 Å². The van der Waals surface area contributed by atoms with Crippen LogP contribution in [0.15, 0.2) is 54.6 Å². The standard InChI is InChI=1S/C14H13NO2/c1-11(16)13-9-5-6-10-14(13)17-15-12-7-3-2-4-8-12/h2-10,15H,1H3. The molecule has 17 heavy (non-hydrogen) atoms. The molecule has 3 heteroatoms. The summed E-state index contributed by atoms with van der Waals surface area (Å²) >= 11 is 0. The minimum atomic E-state index is -0.0181. The molecule has 0 aromatic heterocycles. The molecular weight excluding hydrogens is 214 g/mol. The highest BCUT2D eigenvalue weighted by atomic mass is 16.6. The second-order valence-electron chi connectivity index (χ2n) is 3.62. The van der Waals surface area contributed by atoms with Crippen molar-refractivity contribution in [3.63, 3.8) is 0 Å². The molecule has 0 saturated heterocycles. The lowest BCUT2D eigenvalue weighted by atomic mass is 10.1. The first-order valence-corrected chi connectivity index (χ1v) is 5.35. The molecule has 0 atom stereocenters. The molecule has 86 valence electrons. The second kappa shape index (κ2) is 5.16. The van der Waals surface area contributed by atoms with Gasteiger partial charge in [-0.25, -0.2) is 5.48 Å². The van der Waals surface area contributed by atoms with E-state index in [1.807, 2.05) is 42.5 Å². The van der Waals surface area contributed by atoms with E-state index in [0.29, 0.717) is 11.3 Å². The van der Waals surface area contributed by atoms with Crippen LogP contribution in [-0.4, -0.2) is 5.78 Å². The smallest absolute Gasteiger partial charge is 0.165 e. The van der Waals surface area contributed by atoms with Crippen LogP contribution >= 0.6 is 0 Å². The molecule has 0 aliphatic heterocycles. The highest BCUT2D eigenvalue weighted by Crippen LogP contribution is 2.19. The summed E-state index contributed by atoms with van der Waals surface area (Å²) in [7, 11) is 0. The summed E-state index contributed by atoms with van der Waals surface area (Å²) in [5.74, 6) is 0.513. The summed E-state index contributed by atoms with van der Waals surface area (Å²) in [6, 6.07) is 16.6. The van der Waals surface area contributed by atoms with Gasteiger partial charge in [0.05, 0.1) is 11.3 Å². The number of nitrogens with one attached hydrogen (secondary N) is 1. The first-order chi connectivity index (χ1) is 8.27. The number of hydrogen-bond acceptors (Lipinski definition) is 3. The fourth-order valence-corrected chi connectivity index (χ4v) is 1.47. The quantitative estimate of drug-likeness (QED) is 0.643. The summed E-state index contributed by atoms with van der Waals surface area (Å²) in [6.07, 6.45) is 0. The number of rotatable bonds is 4. The Morgan fingerprint density at radius 2 is 1.65 bits per heavy atom. The van der Waals surface area contributed by atoms with Crippen LogP contribution in [0, 0.1) is 0 Å². The maximum Gasteiger partial charge on any atom is 0.165 e. The van der Waals surface area contributed by atoms with Crippen LogP contribution in [0.4, 0.5) is 5.69 Å². The Balaban J connectivity index is 2.12. The second-order valence-corrected chi connectivity index (χ2v) is 3.62. The molecule has 0 fully saturated rings. The van der Waals surface area contributed by atoms with Crippen LogP contribution in [0.2, 0.25) is 0 Å². The van der Waals surface area contributed by atoms with E-state index in [1.54, 1.807) is 12.1 Å². The number of hydrogen-bond donors (Lipinski definition) is 1. The number of benzene rings is 2. The zero-order chi connectivity index (χ0) is 12.1. The number of para-hydroxylation sites is 2. The molecule has 0 amide bonds. The Morgan fingerprint density at radius 3 is 2.35 bits per heavy atom. The fraction of sp³-hybridized carbons (Fsp3) is 0.0714. The predicted molar refractivity (Wildman–Crippen MR) is 67.1 cm³/mol. The van der Waals surface area contributed by atoms with Gasteiger partial charge in [-0.15, -0.1) is 0 Å². The third-order valence-corrected chi connectivity index (χ3v) is 2.32. The van der Waals surface area contributed by atoms with Gasteiger partial charge in [0, 0.05) is 0 Å². The maximum absolute atomic E-state index is 11.4. The van der Waals surface area contributed by atoms with Crippen LogP contribution in [0.1, 0.15) is 17.3 Å². The van der Waals surface area contributed by atoms with E-state index in [0.717, 1.165) is 5.69 Å². The van der Waals surface area contributed by atoms with Crippen LogP contribution < -0.4 is 10.3 Å². The van der Waals surface area contributed by atoms with E-state index in [-0.39, 0.29) is 5.78 Å². The monoisotopic (exact) mass is 227 g/mol. The summed E-state index contributed by atoms with van der Waals surface area (Å²) in [4.78, 5) is 16.8. The number of carbonyl (C=O) groups excluding carboxylic acids is 1. The largest absolute Gasteiger partial charge is 0.381 e. The van der Waals surface area contributed by atoms with Crippen molar-refractivity contribution in [3.05, 3.63) is 60.2 Å². The van der Waals surface area contributed by atoms with Crippen molar-refractivity contribution in [2.24, 2.45) is 0 Å². The van der Waals surface area contributed by atoms with Gasteiger partial charge in [0.1, 0.15) is 0 Å². The van der Waals surface area contributed by atoms with Gasteiger partial charge < -0.3 is 4.84 Å². The van der Waals surface area contributed by atoms with Crippen LogP contribution in [-0.2, 0) is 0 Å². The lowest BCUT2D eigenvalue weighted by Gasteiger charge is -2.10. The van der Waals surface area contributed by atoms with E-state index >= 15 is 0 Å². The van der Waals surface area contributed by atoms with Crippen LogP contribution in [0.25, 0.3) is 0 Å². The van der Waals surface area contributed by atoms with Crippen molar-refractivity contribution in [2.45, 2.75) is 6.92 Å². The zero-order valence-electron chi connectivity index (χ0n) is 9.51. The van der Waals surface area contributed by atoms with E-state index < -0.39 is 0 Å². The van der Waals surface area contributed by atoms with Crippen LogP contribution in [0.5, 0.6) is 5.75 Å². The van der Waals surface area contributed by atoms with E-state index in [4.69, 9.17) is 4.84 Å². The number of anilines is 1. The fourth-order valence-electron chi connectivity index (χ4n) is 1.47. The van der Waals surface area contributed by atoms with Crippen molar-refractivity contribution in [1.29, 1.82) is 0 Å². The summed E-state index contributed by atoms with van der Waals surface area (Å²) in [6.45, 7) is 1.52. The molecule has 0 aliphatic carbocycles. The molecule has 0 aliphatic rings. The van der Waals surface area contributed by atoms with Gasteiger partial charge in [-0.2, -0.15) is 0 Å². The van der Waals surface area contributed by atoms with Crippen molar-refractivity contribution < 1.29 is 9.63 Å². The molecule has 2 aromatic carbocycles. The molecule has 2 rings (SSSR count). The Hall–Kier alpha value is -2.29. The van der Waals surface area contributed by atoms with Gasteiger partial charge >= 0.3 is 0 Å². The third kappa shape index (κ3) is 2.84. The summed E-state index contributed by atoms with van der Waals surface area (Å²) < 4.78 is 0. The van der Waals surface area contributed by atoms with E-state index in [2.05, 4.69) is 5.48 Å². The normalized spacial score (nSPS) is 9.71. The van der Waals surface area contributed by atoms with Gasteiger partial charge in [0.15, 0.2) is 11.5 Å². The highest BCUT2D eigenvalue weighted by molar-refractivity contribution is 5.96. The molecule has 0 heterocycles. The Bertz CT molecular complexity index is 509. The average molecular weight is 227 g/mol. The molecule has 1 N–H and O–H groups in total. The predicted octanol–water partition coefficient (Wildman–Crippen LogP) is 3.30. The van der Waals surface area contributed by atoms with Crippen molar-refractivity contribution in [3.8, 4) is 5.75 Å². The first-order valence-electron chi connectivity index (χ1n) is 5.35. The van der Waals surface area contributed by atoms with Crippen molar-refractivity contribution >= 4 is 11.5 Å². The Kier molecular flexibility index (Phi) is 3.40. The zero-order valence-corrected chi connectivity index (χ0v) is 9.51. The Labute approximate surface area is 100.0 Å². The molecule has 0 unspecified atom stereocenters. The van der Waals surface area contributed by atoms with Gasteiger partial charge in [-0.05, 0) is 31.2 Å². The average Bonchev–Trinajstić information content (AvgIpc) is 2.38. The maximum atomic E-state index is 11.4. The molecule has 0 spiro atoms. The SMILES string of the molecule is CC(=O)c1ccccc1ONc1ccccc1. The first kappa shape index (κ1) is 11.2. The van der Waals surface area contributed by atoms with E-state index in [1.165, 1.54) is 6.92 Å². The topological polar surface area (TPSA) is 38.3 Å². The molecular formula is C14H13NO2. The minimum Gasteiger partial charge on any atom is -0.381 e. The number of carbonyl (C=O) groups is 1. The molecule has 3 nitrogen and oxygen atoms in total. The minimum absolute atomic E-state index is 0.0181. The van der Waals surface area contributed by atoms with Gasteiger partial charge in [0.25, 0.3) is 0 Å². The van der Waals surface area contributed by atoms with E-state index in [9.17, 15) is 4.79 Å². The molecule has 0 radical (unpaired) electrons. The van der Waals surface area contributed by atoms with Crippen molar-refractivity contribution in [1.82, 2.24) is 0 Å². The lowest BCUT2D eigenvalue weighted by Crippen LogP contribution is -2.07. The lowest BCUT2D eigenvalue weighted by molar-refractivity contribution is 0.101. The highest BCUT2D eigenvalue weighted by Gasteiger charge is 2.07. The summed E-state index contributed by atoms with van der Waals surface area (Å²) in [5.41, 5.74) is 4.21. The molecule has 0 bridgehead atoms.